The maximum absolute atomic E-state index is 9.50. The minimum absolute atomic E-state index is 0.0284. The molecule has 192 valence electrons. The molecule has 1 atom stereocenters. The molecule has 1 aliphatic heterocycles. The Kier molecular flexibility index (Phi) is 11.3. The number of nitrogens with two attached hydrogens (primary N) is 1. The number of aldehydes is 1. The van der Waals surface area contributed by atoms with Gasteiger partial charge in [0.05, 0.1) is 0 Å². The molecule has 4 rings (SSSR count). The van der Waals surface area contributed by atoms with Crippen molar-refractivity contribution in [3.8, 4) is 0 Å². The topological polar surface area (TPSA) is 55.6 Å². The lowest BCUT2D eigenvalue weighted by molar-refractivity contribution is -0.110. The SMILES string of the molecule is CC(C)C=O.Nc1cccc(C2CCN(CCC(OC3=CCC=C(Cl)C=C3)c3ccccc3)CC2)c1. The van der Waals surface area contributed by atoms with Crippen LogP contribution in [0, 0.1) is 5.92 Å². The summed E-state index contributed by atoms with van der Waals surface area (Å²) in [4.78, 5) is 12.1. The van der Waals surface area contributed by atoms with E-state index in [2.05, 4.69) is 59.5 Å². The van der Waals surface area contributed by atoms with E-state index in [0.29, 0.717) is 5.92 Å². The molecule has 36 heavy (non-hydrogen) atoms. The van der Waals surface area contributed by atoms with Crippen LogP contribution in [0.2, 0.25) is 0 Å². The van der Waals surface area contributed by atoms with Crippen molar-refractivity contribution in [2.75, 3.05) is 25.4 Å². The highest BCUT2D eigenvalue weighted by molar-refractivity contribution is 6.31. The van der Waals surface area contributed by atoms with E-state index in [0.717, 1.165) is 55.2 Å². The van der Waals surface area contributed by atoms with Gasteiger partial charge in [0.15, 0.2) is 0 Å². The molecule has 2 N–H and O–H groups in total. The van der Waals surface area contributed by atoms with E-state index in [-0.39, 0.29) is 12.0 Å². The van der Waals surface area contributed by atoms with Crippen LogP contribution in [0.1, 0.15) is 62.7 Å². The van der Waals surface area contributed by atoms with E-state index in [1.807, 2.05) is 38.1 Å². The Balaban J connectivity index is 0.000000658. The van der Waals surface area contributed by atoms with Crippen molar-refractivity contribution in [2.45, 2.75) is 51.6 Å². The molecule has 2 aliphatic rings. The maximum atomic E-state index is 9.50. The third kappa shape index (κ3) is 9.33. The Bertz CT molecular complexity index is 1040. The number of carbonyl (C=O) groups is 1. The van der Waals surface area contributed by atoms with Crippen LogP contribution in [0.25, 0.3) is 0 Å². The number of ether oxygens (including phenoxy) is 1. The smallest absolute Gasteiger partial charge is 0.125 e. The van der Waals surface area contributed by atoms with Crippen LogP contribution in [0.15, 0.2) is 89.7 Å². The van der Waals surface area contributed by atoms with Crippen molar-refractivity contribution in [3.63, 3.8) is 0 Å². The fraction of sp³-hybridized carbons (Fsp3) is 0.387. The van der Waals surface area contributed by atoms with E-state index >= 15 is 0 Å². The zero-order valence-electron chi connectivity index (χ0n) is 21.5. The summed E-state index contributed by atoms with van der Waals surface area (Å²) < 4.78 is 6.44. The highest BCUT2D eigenvalue weighted by Gasteiger charge is 2.22. The second-order valence-electron chi connectivity index (χ2n) is 9.74. The quantitative estimate of drug-likeness (QED) is 0.299. The van der Waals surface area contributed by atoms with Gasteiger partial charge in [-0.2, -0.15) is 0 Å². The Morgan fingerprint density at radius 3 is 2.44 bits per heavy atom. The molecule has 1 heterocycles. The van der Waals surface area contributed by atoms with Crippen LogP contribution in [0.4, 0.5) is 5.69 Å². The predicted molar refractivity (Wildman–Crippen MR) is 151 cm³/mol. The first-order chi connectivity index (χ1) is 17.4. The summed E-state index contributed by atoms with van der Waals surface area (Å²) in [6.07, 6.45) is 13.0. The molecule has 1 fully saturated rings. The number of halogens is 1. The van der Waals surface area contributed by atoms with Crippen molar-refractivity contribution in [1.82, 2.24) is 4.90 Å². The van der Waals surface area contributed by atoms with Crippen LogP contribution >= 0.6 is 11.6 Å². The lowest BCUT2D eigenvalue weighted by Crippen LogP contribution is -2.34. The molecule has 1 aliphatic carbocycles. The summed E-state index contributed by atoms with van der Waals surface area (Å²) in [6.45, 7) is 6.96. The van der Waals surface area contributed by atoms with Crippen LogP contribution in [-0.2, 0) is 9.53 Å². The fourth-order valence-electron chi connectivity index (χ4n) is 4.40. The number of anilines is 1. The summed E-state index contributed by atoms with van der Waals surface area (Å²) in [5.41, 5.74) is 9.44. The van der Waals surface area contributed by atoms with Crippen LogP contribution < -0.4 is 5.73 Å². The van der Waals surface area contributed by atoms with Gasteiger partial charge >= 0.3 is 0 Å². The third-order valence-corrected chi connectivity index (χ3v) is 6.72. The molecule has 0 radical (unpaired) electrons. The highest BCUT2D eigenvalue weighted by atomic mass is 35.5. The normalized spacial score (nSPS) is 17.3. The fourth-order valence-corrected chi connectivity index (χ4v) is 4.55. The number of benzene rings is 2. The van der Waals surface area contributed by atoms with Crippen molar-refractivity contribution in [3.05, 3.63) is 101 Å². The van der Waals surface area contributed by atoms with Crippen molar-refractivity contribution < 1.29 is 9.53 Å². The Labute approximate surface area is 221 Å². The molecular formula is C31H39ClN2O2. The number of hydrogen-bond acceptors (Lipinski definition) is 4. The molecule has 4 nitrogen and oxygen atoms in total. The van der Waals surface area contributed by atoms with Gasteiger partial charge in [0, 0.05) is 29.6 Å². The molecule has 0 aromatic heterocycles. The summed E-state index contributed by atoms with van der Waals surface area (Å²) in [5, 5.41) is 0.758. The number of likely N-dealkylation sites (tertiary alicyclic amines) is 1. The number of piperidine rings is 1. The number of nitrogen functional groups attached to an aromatic ring is 1. The van der Waals surface area contributed by atoms with Crippen LogP contribution in [-0.4, -0.2) is 30.8 Å². The van der Waals surface area contributed by atoms with Gasteiger partial charge in [0.25, 0.3) is 0 Å². The number of allylic oxidation sites excluding steroid dienone is 5. The molecule has 2 aromatic rings. The maximum Gasteiger partial charge on any atom is 0.125 e. The molecule has 0 amide bonds. The number of nitrogens with zero attached hydrogens (tertiary/aromatic N) is 1. The van der Waals surface area contributed by atoms with Gasteiger partial charge in [0.1, 0.15) is 18.1 Å². The third-order valence-electron chi connectivity index (χ3n) is 6.44. The van der Waals surface area contributed by atoms with Crippen molar-refractivity contribution in [1.29, 1.82) is 0 Å². The first-order valence-electron chi connectivity index (χ1n) is 12.9. The summed E-state index contributed by atoms with van der Waals surface area (Å²) in [6, 6.07) is 18.9. The minimum atomic E-state index is 0.0284. The molecular weight excluding hydrogens is 468 g/mol. The Morgan fingerprint density at radius 2 is 1.78 bits per heavy atom. The van der Waals surface area contributed by atoms with Crippen LogP contribution in [0.3, 0.4) is 0 Å². The highest BCUT2D eigenvalue weighted by Crippen LogP contribution is 2.31. The Morgan fingerprint density at radius 1 is 1.06 bits per heavy atom. The van der Waals surface area contributed by atoms with Gasteiger partial charge in [-0.3, -0.25) is 0 Å². The second-order valence-corrected chi connectivity index (χ2v) is 10.2. The van der Waals surface area contributed by atoms with Crippen LogP contribution in [0.5, 0.6) is 0 Å². The summed E-state index contributed by atoms with van der Waals surface area (Å²) in [5.74, 6) is 1.70. The first-order valence-corrected chi connectivity index (χ1v) is 13.3. The standard InChI is InChI=1S/C27H31ClN2O.C4H8O/c28-24-9-5-11-26(13-12-24)31-27(22-6-2-1-3-7-22)16-19-30-17-14-21(15-18-30)23-8-4-10-25(29)20-23;1-4(2)3-5/h1-4,6-13,20-21,27H,5,14-19,29H2;3-4H,1-2H3. The molecule has 5 heteroatoms. The van der Waals surface area contributed by atoms with Crippen molar-refractivity contribution >= 4 is 23.6 Å². The molecule has 2 aromatic carbocycles. The van der Waals surface area contributed by atoms with Crippen molar-refractivity contribution in [2.24, 2.45) is 5.92 Å². The number of rotatable bonds is 8. The zero-order chi connectivity index (χ0) is 25.8. The molecule has 1 saturated heterocycles. The van der Waals surface area contributed by atoms with E-state index < -0.39 is 0 Å². The zero-order valence-corrected chi connectivity index (χ0v) is 22.2. The largest absolute Gasteiger partial charge is 0.486 e. The summed E-state index contributed by atoms with van der Waals surface area (Å²) >= 11 is 6.14. The van der Waals surface area contributed by atoms with Gasteiger partial charge in [-0.1, -0.05) is 74.0 Å². The molecule has 0 spiro atoms. The number of hydrogen-bond donors (Lipinski definition) is 1. The van der Waals surface area contributed by atoms with E-state index in [9.17, 15) is 4.79 Å². The van der Waals surface area contributed by atoms with Gasteiger partial charge < -0.3 is 20.2 Å². The van der Waals surface area contributed by atoms with E-state index in [1.54, 1.807) is 0 Å². The average Bonchev–Trinajstić information content (AvgIpc) is 3.11. The molecule has 0 saturated carbocycles. The molecule has 0 bridgehead atoms. The monoisotopic (exact) mass is 506 g/mol. The van der Waals surface area contributed by atoms with E-state index in [4.69, 9.17) is 22.1 Å². The first kappa shape index (κ1) is 27.8. The molecule has 1 unspecified atom stereocenters. The predicted octanol–water partition coefficient (Wildman–Crippen LogP) is 7.40. The van der Waals surface area contributed by atoms with E-state index in [1.165, 1.54) is 24.0 Å². The Hall–Kier alpha value is -2.82. The van der Waals surface area contributed by atoms with Gasteiger partial charge in [0.2, 0.25) is 0 Å². The lowest BCUT2D eigenvalue weighted by atomic mass is 9.89. The number of carbonyl (C=O) groups excluding carboxylic acids is 1. The summed E-state index contributed by atoms with van der Waals surface area (Å²) in [7, 11) is 0. The average molecular weight is 507 g/mol. The lowest BCUT2D eigenvalue weighted by Gasteiger charge is -2.33. The van der Waals surface area contributed by atoms with Gasteiger partial charge in [-0.05, 0) is 79.8 Å². The van der Waals surface area contributed by atoms with Gasteiger partial charge in [-0.25, -0.2) is 0 Å². The second kappa shape index (κ2) is 14.7. The van der Waals surface area contributed by atoms with Gasteiger partial charge in [-0.15, -0.1) is 0 Å². The minimum Gasteiger partial charge on any atom is -0.486 e.